The topological polar surface area (TPSA) is 83.6 Å². The molecule has 1 aromatic rings. The molecule has 0 bridgehead atoms. The van der Waals surface area contributed by atoms with Crippen molar-refractivity contribution >= 4 is 27.3 Å². The number of benzene rings is 1. The average molecular weight is 337 g/mol. The van der Waals surface area contributed by atoms with Crippen LogP contribution >= 0.6 is 11.6 Å². The van der Waals surface area contributed by atoms with Crippen molar-refractivity contribution in [3.8, 4) is 0 Å². The Labute approximate surface area is 128 Å². The summed E-state index contributed by atoms with van der Waals surface area (Å²) in [4.78, 5) is -0.502. The highest BCUT2D eigenvalue weighted by Gasteiger charge is 2.35. The molecule has 1 fully saturated rings. The maximum absolute atomic E-state index is 14.1. The van der Waals surface area contributed by atoms with Gasteiger partial charge in [0.1, 0.15) is 4.90 Å². The first-order valence-corrected chi connectivity index (χ1v) is 8.57. The number of nitrogens with two attached hydrogens (primary N) is 1. The number of nitrogen functional groups attached to an aromatic ring is 1. The Hall–Kier alpha value is -0.890. The molecule has 0 aliphatic carbocycles. The van der Waals surface area contributed by atoms with Crippen molar-refractivity contribution in [3.63, 3.8) is 0 Å². The van der Waals surface area contributed by atoms with Crippen LogP contribution in [0.25, 0.3) is 0 Å². The first-order valence-electron chi connectivity index (χ1n) is 6.75. The number of sulfonamides is 1. The van der Waals surface area contributed by atoms with Gasteiger partial charge in [-0.1, -0.05) is 18.0 Å². The van der Waals surface area contributed by atoms with Crippen LogP contribution in [-0.2, 0) is 10.0 Å². The minimum Gasteiger partial charge on any atom is -0.396 e. The summed E-state index contributed by atoms with van der Waals surface area (Å²) in [6.07, 6.45) is 2.57. The predicted octanol–water partition coefficient (Wildman–Crippen LogP) is 1.99. The van der Waals surface area contributed by atoms with Crippen molar-refractivity contribution in [2.75, 3.05) is 18.9 Å². The Morgan fingerprint density at radius 3 is 2.81 bits per heavy atom. The minimum absolute atomic E-state index is 0.0724. The molecule has 3 N–H and O–H groups in total. The zero-order valence-corrected chi connectivity index (χ0v) is 13.0. The van der Waals surface area contributed by atoms with Crippen LogP contribution in [0.15, 0.2) is 17.0 Å². The largest absolute Gasteiger partial charge is 0.396 e. The highest BCUT2D eigenvalue weighted by Crippen LogP contribution is 2.31. The molecule has 1 atom stereocenters. The molecule has 2 rings (SSSR count). The van der Waals surface area contributed by atoms with Gasteiger partial charge in [0.25, 0.3) is 0 Å². The number of aliphatic hydroxyl groups excluding tert-OH is 1. The van der Waals surface area contributed by atoms with Gasteiger partial charge in [0.2, 0.25) is 10.0 Å². The smallest absolute Gasteiger partial charge is 0.246 e. The van der Waals surface area contributed by atoms with Crippen LogP contribution in [0.3, 0.4) is 0 Å². The van der Waals surface area contributed by atoms with Crippen LogP contribution in [0.1, 0.15) is 25.7 Å². The summed E-state index contributed by atoms with van der Waals surface area (Å²) in [6.45, 7) is 0.190. The number of piperidine rings is 1. The standard InChI is InChI=1S/C13H18ClFN2O3S/c14-9-7-11(16)13(15)12(8-9)21(19,20)17-5-2-1-3-10(17)4-6-18/h7-8,10,18H,1-6,16H2. The molecule has 0 saturated carbocycles. The van der Waals surface area contributed by atoms with Crippen LogP contribution in [0.5, 0.6) is 0 Å². The molecule has 1 aromatic carbocycles. The molecule has 1 heterocycles. The Kier molecular flexibility index (Phi) is 5.08. The molecule has 0 aromatic heterocycles. The lowest BCUT2D eigenvalue weighted by atomic mass is 10.0. The Bertz CT molecular complexity index is 622. The van der Waals surface area contributed by atoms with E-state index < -0.39 is 20.7 Å². The van der Waals surface area contributed by atoms with Gasteiger partial charge >= 0.3 is 0 Å². The molecule has 1 saturated heterocycles. The van der Waals surface area contributed by atoms with E-state index >= 15 is 0 Å². The van der Waals surface area contributed by atoms with Crippen molar-refractivity contribution < 1.29 is 17.9 Å². The second-order valence-electron chi connectivity index (χ2n) is 5.08. The molecule has 0 amide bonds. The fraction of sp³-hybridized carbons (Fsp3) is 0.538. The molecule has 1 aliphatic heterocycles. The van der Waals surface area contributed by atoms with Crippen LogP contribution in [-0.4, -0.2) is 37.0 Å². The Morgan fingerprint density at radius 1 is 1.43 bits per heavy atom. The zero-order valence-electron chi connectivity index (χ0n) is 11.4. The van der Waals surface area contributed by atoms with Gasteiger partial charge in [-0.3, -0.25) is 0 Å². The van der Waals surface area contributed by atoms with E-state index in [9.17, 15) is 12.8 Å². The lowest BCUT2D eigenvalue weighted by molar-refractivity contribution is 0.192. The lowest BCUT2D eigenvalue weighted by Crippen LogP contribution is -2.44. The molecule has 0 spiro atoms. The predicted molar refractivity (Wildman–Crippen MR) is 79.1 cm³/mol. The van der Waals surface area contributed by atoms with Gasteiger partial charge in [-0.25, -0.2) is 12.8 Å². The number of nitrogens with zero attached hydrogens (tertiary/aromatic N) is 1. The molecular formula is C13H18ClFN2O3S. The van der Waals surface area contributed by atoms with Crippen molar-refractivity contribution in [1.82, 2.24) is 4.31 Å². The number of aliphatic hydroxyl groups is 1. The highest BCUT2D eigenvalue weighted by atomic mass is 35.5. The normalized spacial score (nSPS) is 20.6. The minimum atomic E-state index is -4.03. The van der Waals surface area contributed by atoms with Crippen molar-refractivity contribution in [1.29, 1.82) is 0 Å². The van der Waals surface area contributed by atoms with Gasteiger partial charge in [0.15, 0.2) is 5.82 Å². The van der Waals surface area contributed by atoms with Gasteiger partial charge in [-0.2, -0.15) is 4.31 Å². The van der Waals surface area contributed by atoms with E-state index in [1.807, 2.05) is 0 Å². The van der Waals surface area contributed by atoms with Gasteiger partial charge in [-0.15, -0.1) is 0 Å². The van der Waals surface area contributed by atoms with Gasteiger partial charge in [0, 0.05) is 24.2 Å². The summed E-state index contributed by atoms with van der Waals surface area (Å²) in [5, 5.41) is 9.15. The van der Waals surface area contributed by atoms with Crippen LogP contribution < -0.4 is 5.73 Å². The van der Waals surface area contributed by atoms with E-state index in [-0.39, 0.29) is 23.4 Å². The molecule has 5 nitrogen and oxygen atoms in total. The van der Waals surface area contributed by atoms with Gasteiger partial charge in [-0.05, 0) is 31.4 Å². The molecule has 1 aliphatic rings. The Morgan fingerprint density at radius 2 is 2.14 bits per heavy atom. The second kappa shape index (κ2) is 6.48. The van der Waals surface area contributed by atoms with E-state index in [1.54, 1.807) is 0 Å². The van der Waals surface area contributed by atoms with Crippen molar-refractivity contribution in [2.24, 2.45) is 0 Å². The van der Waals surface area contributed by atoms with Gasteiger partial charge < -0.3 is 10.8 Å². The summed E-state index contributed by atoms with van der Waals surface area (Å²) in [6, 6.07) is 1.93. The third-order valence-electron chi connectivity index (χ3n) is 3.65. The number of anilines is 1. The van der Waals surface area contributed by atoms with E-state index in [4.69, 9.17) is 22.4 Å². The van der Waals surface area contributed by atoms with E-state index in [0.717, 1.165) is 12.5 Å². The van der Waals surface area contributed by atoms with Crippen LogP contribution in [0.4, 0.5) is 10.1 Å². The maximum atomic E-state index is 14.1. The van der Waals surface area contributed by atoms with E-state index in [0.29, 0.717) is 25.8 Å². The monoisotopic (exact) mass is 336 g/mol. The molecule has 1 unspecified atom stereocenters. The molecular weight excluding hydrogens is 319 g/mol. The summed E-state index contributed by atoms with van der Waals surface area (Å²) < 4.78 is 40.7. The average Bonchev–Trinajstić information content (AvgIpc) is 2.43. The molecule has 0 radical (unpaired) electrons. The summed E-state index contributed by atoms with van der Waals surface area (Å²) in [7, 11) is -4.03. The second-order valence-corrected chi connectivity index (χ2v) is 7.38. The highest BCUT2D eigenvalue weighted by molar-refractivity contribution is 7.89. The maximum Gasteiger partial charge on any atom is 0.246 e. The fourth-order valence-corrected chi connectivity index (χ4v) is 4.76. The van der Waals surface area contributed by atoms with Crippen molar-refractivity contribution in [2.45, 2.75) is 36.6 Å². The van der Waals surface area contributed by atoms with Crippen LogP contribution in [0.2, 0.25) is 5.02 Å². The Balaban J connectivity index is 2.45. The number of rotatable bonds is 4. The third kappa shape index (κ3) is 3.31. The SMILES string of the molecule is Nc1cc(Cl)cc(S(=O)(=O)N2CCCCC2CCO)c1F. The first-order chi connectivity index (χ1) is 9.87. The number of hydrogen-bond acceptors (Lipinski definition) is 4. The summed E-state index contributed by atoms with van der Waals surface area (Å²) in [5.41, 5.74) is 5.16. The number of halogens is 2. The van der Waals surface area contributed by atoms with Gasteiger partial charge in [0.05, 0.1) is 5.69 Å². The van der Waals surface area contributed by atoms with Crippen LogP contribution in [0, 0.1) is 5.82 Å². The zero-order chi connectivity index (χ0) is 15.6. The quantitative estimate of drug-likeness (QED) is 0.824. The molecule has 8 heteroatoms. The first kappa shape index (κ1) is 16.5. The number of hydrogen-bond donors (Lipinski definition) is 2. The van der Waals surface area contributed by atoms with E-state index in [2.05, 4.69) is 0 Å². The summed E-state index contributed by atoms with van der Waals surface area (Å²) in [5.74, 6) is -0.979. The third-order valence-corrected chi connectivity index (χ3v) is 5.82. The molecule has 21 heavy (non-hydrogen) atoms. The van der Waals surface area contributed by atoms with E-state index in [1.165, 1.54) is 10.4 Å². The summed E-state index contributed by atoms with van der Waals surface area (Å²) >= 11 is 5.79. The fourth-order valence-electron chi connectivity index (χ4n) is 2.63. The molecule has 118 valence electrons. The van der Waals surface area contributed by atoms with Crippen molar-refractivity contribution in [3.05, 3.63) is 23.0 Å². The lowest BCUT2D eigenvalue weighted by Gasteiger charge is -2.34.